The molecular weight excluding hydrogens is 585 g/mol. The Hall–Kier alpha value is -1.16. The van der Waals surface area contributed by atoms with Gasteiger partial charge in [0.25, 0.3) is 0 Å². The molecule has 0 bridgehead atoms. The summed E-state index contributed by atoms with van der Waals surface area (Å²) < 4.78 is 27.1. The van der Waals surface area contributed by atoms with Gasteiger partial charge >= 0.3 is 0 Å². The van der Waals surface area contributed by atoms with Crippen LogP contribution in [0.15, 0.2) is 34.7 Å². The summed E-state index contributed by atoms with van der Waals surface area (Å²) >= 11 is 4.40. The van der Waals surface area contributed by atoms with Crippen LogP contribution in [0.3, 0.4) is 0 Å². The largest absolute Gasteiger partial charge is 0.491 e. The minimum Gasteiger partial charge on any atom is -0.491 e. The van der Waals surface area contributed by atoms with Gasteiger partial charge in [0.2, 0.25) is 0 Å². The Bertz CT molecular complexity index is 987. The van der Waals surface area contributed by atoms with Crippen molar-refractivity contribution in [2.45, 2.75) is 39.5 Å². The molecule has 0 fully saturated rings. The highest BCUT2D eigenvalue weighted by atomic mass is 127. The first kappa shape index (κ1) is 21.5. The zero-order valence-corrected chi connectivity index (χ0v) is 20.1. The van der Waals surface area contributed by atoms with Gasteiger partial charge in [-0.25, -0.2) is 4.39 Å². The van der Waals surface area contributed by atoms with Crippen molar-refractivity contribution in [3.05, 3.63) is 60.2 Å². The van der Waals surface area contributed by atoms with E-state index in [2.05, 4.69) is 59.0 Å². The first-order chi connectivity index (χ1) is 13.5. The number of aryl methyl sites for hydroxylation is 1. The molecule has 0 amide bonds. The van der Waals surface area contributed by atoms with E-state index >= 15 is 0 Å². The fraction of sp³-hybridized carbons (Fsp3) is 0.318. The van der Waals surface area contributed by atoms with Gasteiger partial charge in [-0.05, 0) is 82.3 Å². The van der Waals surface area contributed by atoms with Gasteiger partial charge in [-0.3, -0.25) is 4.79 Å². The van der Waals surface area contributed by atoms with Crippen LogP contribution in [0.2, 0.25) is 0 Å². The van der Waals surface area contributed by atoms with Crippen molar-refractivity contribution >= 4 is 61.9 Å². The van der Waals surface area contributed by atoms with Crippen LogP contribution in [0.5, 0.6) is 5.75 Å². The second kappa shape index (κ2) is 9.56. The van der Waals surface area contributed by atoms with Gasteiger partial charge in [0, 0.05) is 23.4 Å². The summed E-state index contributed by atoms with van der Waals surface area (Å²) in [7, 11) is 0. The van der Waals surface area contributed by atoms with Crippen LogP contribution in [0.25, 0.3) is 11.0 Å². The SMILES string of the molecule is CCCCc1oc2cc(F)ccc2c1C(=O)c1cc(I)c(OCCC)c(I)c1. The summed E-state index contributed by atoms with van der Waals surface area (Å²) in [5.74, 6) is 0.965. The molecule has 3 rings (SSSR count). The Morgan fingerprint density at radius 3 is 2.46 bits per heavy atom. The Morgan fingerprint density at radius 1 is 1.11 bits per heavy atom. The molecule has 0 radical (unpaired) electrons. The smallest absolute Gasteiger partial charge is 0.197 e. The molecule has 0 N–H and O–H groups in total. The average molecular weight is 606 g/mol. The third-order valence-corrected chi connectivity index (χ3v) is 6.02. The molecule has 0 aliphatic carbocycles. The molecule has 6 heteroatoms. The second-order valence-corrected chi connectivity index (χ2v) is 8.92. The van der Waals surface area contributed by atoms with Crippen LogP contribution >= 0.6 is 45.2 Å². The Morgan fingerprint density at radius 2 is 1.82 bits per heavy atom. The fourth-order valence-electron chi connectivity index (χ4n) is 3.06. The number of ether oxygens (including phenoxy) is 1. The van der Waals surface area contributed by atoms with Crippen LogP contribution in [0.1, 0.15) is 54.8 Å². The van der Waals surface area contributed by atoms with E-state index in [1.807, 2.05) is 12.1 Å². The maximum atomic E-state index is 13.6. The number of carbonyl (C=O) groups excluding carboxylic acids is 1. The summed E-state index contributed by atoms with van der Waals surface area (Å²) in [5.41, 5.74) is 1.54. The van der Waals surface area contributed by atoms with Crippen molar-refractivity contribution in [3.63, 3.8) is 0 Å². The number of ketones is 1. The molecule has 0 aliphatic rings. The molecule has 0 saturated heterocycles. The number of hydrogen-bond acceptors (Lipinski definition) is 3. The summed E-state index contributed by atoms with van der Waals surface area (Å²) in [6, 6.07) is 8.04. The van der Waals surface area contributed by atoms with Crippen LogP contribution in [0.4, 0.5) is 4.39 Å². The number of hydrogen-bond donors (Lipinski definition) is 0. The molecule has 0 saturated carbocycles. The molecule has 28 heavy (non-hydrogen) atoms. The molecule has 0 unspecified atom stereocenters. The van der Waals surface area contributed by atoms with E-state index in [0.717, 1.165) is 32.2 Å². The van der Waals surface area contributed by atoms with E-state index in [9.17, 15) is 9.18 Å². The Labute approximate surface area is 191 Å². The molecule has 0 spiro atoms. The third-order valence-electron chi connectivity index (χ3n) is 4.42. The van der Waals surface area contributed by atoms with Crippen molar-refractivity contribution in [1.29, 1.82) is 0 Å². The number of furan rings is 1. The molecule has 2 aromatic carbocycles. The number of unbranched alkanes of at least 4 members (excludes halogenated alkanes) is 1. The zero-order valence-electron chi connectivity index (χ0n) is 15.8. The van der Waals surface area contributed by atoms with E-state index in [0.29, 0.717) is 40.9 Å². The topological polar surface area (TPSA) is 39.4 Å². The van der Waals surface area contributed by atoms with Gasteiger partial charge in [0.05, 0.1) is 19.3 Å². The highest BCUT2D eigenvalue weighted by Gasteiger charge is 2.23. The van der Waals surface area contributed by atoms with Crippen molar-refractivity contribution in [3.8, 4) is 5.75 Å². The van der Waals surface area contributed by atoms with Crippen LogP contribution < -0.4 is 4.74 Å². The minimum atomic E-state index is -0.371. The van der Waals surface area contributed by atoms with Crippen LogP contribution in [0, 0.1) is 13.0 Å². The monoisotopic (exact) mass is 606 g/mol. The van der Waals surface area contributed by atoms with Gasteiger partial charge in [-0.15, -0.1) is 0 Å². The minimum absolute atomic E-state index is 0.102. The lowest BCUT2D eigenvalue weighted by molar-refractivity contribution is 0.103. The lowest BCUT2D eigenvalue weighted by Gasteiger charge is -2.11. The molecule has 3 aromatic rings. The fourth-order valence-corrected chi connectivity index (χ4v) is 5.14. The van der Waals surface area contributed by atoms with Gasteiger partial charge in [0.1, 0.15) is 22.9 Å². The maximum Gasteiger partial charge on any atom is 0.197 e. The van der Waals surface area contributed by atoms with Gasteiger partial charge in [-0.1, -0.05) is 20.3 Å². The Balaban J connectivity index is 2.07. The molecular formula is C22H21FI2O3. The first-order valence-electron chi connectivity index (χ1n) is 9.33. The van der Waals surface area contributed by atoms with Gasteiger partial charge in [-0.2, -0.15) is 0 Å². The normalized spacial score (nSPS) is 11.2. The van der Waals surface area contributed by atoms with Gasteiger partial charge < -0.3 is 9.15 Å². The van der Waals surface area contributed by atoms with Crippen LogP contribution in [-0.2, 0) is 6.42 Å². The predicted octanol–water partition coefficient (Wildman–Crippen LogP) is 7.14. The quantitative estimate of drug-likeness (QED) is 0.202. The summed E-state index contributed by atoms with van der Waals surface area (Å²) in [6.07, 6.45) is 3.46. The Kier molecular flexibility index (Phi) is 7.36. The maximum absolute atomic E-state index is 13.6. The summed E-state index contributed by atoms with van der Waals surface area (Å²) in [5, 5.41) is 0.661. The van der Waals surface area contributed by atoms with Crippen molar-refractivity contribution < 1.29 is 18.3 Å². The number of carbonyl (C=O) groups is 1. The van der Waals surface area contributed by atoms with Gasteiger partial charge in [0.15, 0.2) is 5.78 Å². The van der Waals surface area contributed by atoms with E-state index < -0.39 is 0 Å². The molecule has 0 atom stereocenters. The number of benzene rings is 2. The lowest BCUT2D eigenvalue weighted by atomic mass is 9.98. The zero-order chi connectivity index (χ0) is 20.3. The van der Waals surface area contributed by atoms with E-state index in [4.69, 9.17) is 9.15 Å². The second-order valence-electron chi connectivity index (χ2n) is 6.59. The molecule has 148 valence electrons. The van der Waals surface area contributed by atoms with E-state index in [1.165, 1.54) is 12.1 Å². The summed E-state index contributed by atoms with van der Waals surface area (Å²) in [6.45, 7) is 4.78. The molecule has 0 aliphatic heterocycles. The highest BCUT2D eigenvalue weighted by Crippen LogP contribution is 2.33. The molecule has 3 nitrogen and oxygen atoms in total. The average Bonchev–Trinajstić information content (AvgIpc) is 3.02. The lowest BCUT2D eigenvalue weighted by Crippen LogP contribution is -2.07. The number of rotatable bonds is 8. The molecule has 1 heterocycles. The van der Waals surface area contributed by atoms with Crippen molar-refractivity contribution in [2.75, 3.05) is 6.61 Å². The van der Waals surface area contributed by atoms with E-state index in [1.54, 1.807) is 6.07 Å². The van der Waals surface area contributed by atoms with Crippen molar-refractivity contribution in [2.24, 2.45) is 0 Å². The molecule has 1 aromatic heterocycles. The number of fused-ring (bicyclic) bond motifs is 1. The third kappa shape index (κ3) is 4.53. The van der Waals surface area contributed by atoms with Crippen LogP contribution in [-0.4, -0.2) is 12.4 Å². The standard InChI is InChI=1S/C22H21FI2O3/c1-3-5-6-18-20(15-8-7-14(23)12-19(15)28-18)21(26)13-10-16(24)22(17(25)11-13)27-9-4-2/h7-8,10-12H,3-6,9H2,1-2H3. The van der Waals surface area contributed by atoms with Crippen molar-refractivity contribution in [1.82, 2.24) is 0 Å². The summed E-state index contributed by atoms with van der Waals surface area (Å²) in [4.78, 5) is 13.4. The first-order valence-corrected chi connectivity index (χ1v) is 11.5. The number of halogens is 3. The predicted molar refractivity (Wildman–Crippen MR) is 126 cm³/mol. The van der Waals surface area contributed by atoms with E-state index in [-0.39, 0.29) is 11.6 Å². The highest BCUT2D eigenvalue weighted by molar-refractivity contribution is 14.1.